The molecule has 0 spiro atoms. The Labute approximate surface area is 186 Å². The fourth-order valence-corrected chi connectivity index (χ4v) is 4.56. The number of nitrogens with one attached hydrogen (secondary N) is 1. The van der Waals surface area contributed by atoms with Gasteiger partial charge in [-0.15, -0.1) is 0 Å². The minimum Gasteiger partial charge on any atom is -0.508 e. The minimum atomic E-state index is -0.184. The molecular weight excluding hydrogens is 421 g/mol. The van der Waals surface area contributed by atoms with E-state index in [1.807, 2.05) is 24.3 Å². The second kappa shape index (κ2) is 8.86. The van der Waals surface area contributed by atoms with Crippen LogP contribution in [-0.2, 0) is 4.79 Å². The van der Waals surface area contributed by atoms with Crippen molar-refractivity contribution in [2.45, 2.75) is 51.1 Å². The van der Waals surface area contributed by atoms with E-state index in [1.54, 1.807) is 17.1 Å². The second-order valence-corrected chi connectivity index (χ2v) is 9.07. The average Bonchev–Trinajstić information content (AvgIpc) is 3.15. The van der Waals surface area contributed by atoms with Crippen LogP contribution in [0.3, 0.4) is 0 Å². The zero-order chi connectivity index (χ0) is 21.3. The van der Waals surface area contributed by atoms with Gasteiger partial charge in [-0.2, -0.15) is 5.10 Å². The van der Waals surface area contributed by atoms with E-state index in [-0.39, 0.29) is 23.7 Å². The van der Waals surface area contributed by atoms with Gasteiger partial charge in [-0.3, -0.25) is 9.80 Å². The molecule has 0 aromatic heterocycles. The number of aromatic hydroxyl groups is 1. The van der Waals surface area contributed by atoms with Crippen LogP contribution in [0.1, 0.15) is 50.6 Å². The summed E-state index contributed by atoms with van der Waals surface area (Å²) >= 11 is 12.4. The predicted molar refractivity (Wildman–Crippen MR) is 121 cm³/mol. The molecule has 4 rings (SSSR count). The summed E-state index contributed by atoms with van der Waals surface area (Å²) in [6, 6.07) is 12.3. The van der Waals surface area contributed by atoms with Crippen molar-refractivity contribution >= 4 is 40.5 Å². The first-order valence-corrected chi connectivity index (χ1v) is 11.1. The van der Waals surface area contributed by atoms with Crippen LogP contribution < -0.4 is 10.3 Å². The van der Waals surface area contributed by atoms with Gasteiger partial charge in [-0.25, -0.2) is 0 Å². The molecule has 2 aromatic rings. The van der Waals surface area contributed by atoms with Crippen LogP contribution >= 0.6 is 23.2 Å². The van der Waals surface area contributed by atoms with Crippen LogP contribution in [-0.4, -0.2) is 22.8 Å². The van der Waals surface area contributed by atoms with E-state index in [1.165, 1.54) is 6.07 Å². The van der Waals surface area contributed by atoms with Crippen molar-refractivity contribution in [3.63, 3.8) is 0 Å². The van der Waals surface area contributed by atoms with Crippen LogP contribution in [0, 0.1) is 5.92 Å². The number of anilines is 1. The molecule has 1 unspecified atom stereocenters. The fourth-order valence-electron chi connectivity index (χ4n) is 4.17. The molecule has 30 heavy (non-hydrogen) atoms. The number of rotatable bonds is 4. The van der Waals surface area contributed by atoms with Gasteiger partial charge in [-0.1, -0.05) is 42.3 Å². The number of carbonyl (C=O) groups excluding carboxylic acids is 1. The molecule has 0 radical (unpaired) electrons. The van der Waals surface area contributed by atoms with Crippen molar-refractivity contribution in [1.82, 2.24) is 5.32 Å². The number of benzene rings is 2. The number of phenolic OH excluding ortho intramolecular Hbond substituents is 1. The van der Waals surface area contributed by atoms with E-state index in [4.69, 9.17) is 23.2 Å². The zero-order valence-corrected chi connectivity index (χ0v) is 18.3. The summed E-state index contributed by atoms with van der Waals surface area (Å²) in [5.41, 5.74) is 2.11. The van der Waals surface area contributed by atoms with Crippen molar-refractivity contribution in [2.75, 3.05) is 5.01 Å². The van der Waals surface area contributed by atoms with Crippen LogP contribution in [0.4, 0.5) is 5.69 Å². The van der Waals surface area contributed by atoms with Crippen LogP contribution in [0.5, 0.6) is 5.75 Å². The van der Waals surface area contributed by atoms with Crippen molar-refractivity contribution in [2.24, 2.45) is 11.0 Å². The molecule has 1 heterocycles. The maximum Gasteiger partial charge on any atom is 0.267 e. The molecule has 1 aliphatic heterocycles. The summed E-state index contributed by atoms with van der Waals surface area (Å²) in [7, 11) is 0. The quantitative estimate of drug-likeness (QED) is 0.633. The van der Waals surface area contributed by atoms with Gasteiger partial charge in [0.2, 0.25) is 0 Å². The minimum absolute atomic E-state index is 0.0828. The van der Waals surface area contributed by atoms with E-state index in [9.17, 15) is 9.90 Å². The highest BCUT2D eigenvalue weighted by molar-refractivity contribution is 6.40. The van der Waals surface area contributed by atoms with Gasteiger partial charge in [-0.05, 0) is 61.4 Å². The number of halogens is 2. The highest BCUT2D eigenvalue weighted by Crippen LogP contribution is 2.40. The van der Waals surface area contributed by atoms with Gasteiger partial charge in [0.05, 0.1) is 16.8 Å². The Morgan fingerprint density at radius 3 is 2.47 bits per heavy atom. The average molecular weight is 446 g/mol. The van der Waals surface area contributed by atoms with E-state index < -0.39 is 0 Å². The number of amides is 1. The molecule has 1 aliphatic carbocycles. The van der Waals surface area contributed by atoms with Crippen LogP contribution in [0.2, 0.25) is 10.0 Å². The molecule has 1 fully saturated rings. The summed E-state index contributed by atoms with van der Waals surface area (Å²) in [5.74, 6) is 0.689. The summed E-state index contributed by atoms with van der Waals surface area (Å²) in [4.78, 5) is 13.0. The maximum atomic E-state index is 13.0. The van der Waals surface area contributed by atoms with Crippen molar-refractivity contribution < 1.29 is 9.90 Å². The third kappa shape index (κ3) is 4.57. The van der Waals surface area contributed by atoms with Crippen molar-refractivity contribution in [3.8, 4) is 5.75 Å². The fraction of sp³-hybridized carbons (Fsp3) is 0.391. The number of hydrogen-bond donors (Lipinski definition) is 2. The van der Waals surface area contributed by atoms with Crippen molar-refractivity contribution in [3.05, 3.63) is 58.1 Å². The Bertz CT molecular complexity index is 953. The first-order chi connectivity index (χ1) is 14.4. The Balaban J connectivity index is 1.60. The highest BCUT2D eigenvalue weighted by Gasteiger charge is 2.34. The summed E-state index contributed by atoms with van der Waals surface area (Å²) in [5, 5.41) is 20.3. The molecule has 2 aliphatic rings. The molecule has 5 nitrogen and oxygen atoms in total. The number of hydrogen-bond acceptors (Lipinski definition) is 4. The SMILES string of the molecule is CC1CCC(NC(=O)C2=NN(c3ccc(O)cc3Cl)C(c3ccc(Cl)cc3)C2)CC1. The smallest absolute Gasteiger partial charge is 0.267 e. The Kier molecular flexibility index (Phi) is 6.21. The standard InChI is InChI=1S/C23H25Cl2N3O2/c1-14-2-8-17(9-3-14)26-23(30)20-13-22(15-4-6-16(24)7-5-15)28(27-20)21-11-10-18(29)12-19(21)25/h4-7,10-12,14,17,22,29H,2-3,8-9,13H2,1H3,(H,26,30). The Hall–Kier alpha value is -2.24. The lowest BCUT2D eigenvalue weighted by atomic mass is 9.87. The van der Waals surface area contributed by atoms with E-state index >= 15 is 0 Å². The van der Waals surface area contributed by atoms with Gasteiger partial charge < -0.3 is 10.4 Å². The van der Waals surface area contributed by atoms with Gasteiger partial charge in [0, 0.05) is 23.6 Å². The molecule has 2 N–H and O–H groups in total. The van der Waals surface area contributed by atoms with Gasteiger partial charge in [0.25, 0.3) is 5.91 Å². The molecule has 1 atom stereocenters. The molecule has 7 heteroatoms. The number of carbonyl (C=O) groups is 1. The maximum absolute atomic E-state index is 13.0. The molecular formula is C23H25Cl2N3O2. The lowest BCUT2D eigenvalue weighted by molar-refractivity contribution is -0.115. The molecule has 158 valence electrons. The Morgan fingerprint density at radius 2 is 1.80 bits per heavy atom. The number of nitrogens with zero attached hydrogens (tertiary/aromatic N) is 2. The van der Waals surface area contributed by atoms with Crippen LogP contribution in [0.15, 0.2) is 47.6 Å². The molecule has 2 aromatic carbocycles. The molecule has 1 saturated carbocycles. The highest BCUT2D eigenvalue weighted by atomic mass is 35.5. The van der Waals surface area contributed by atoms with Gasteiger partial charge >= 0.3 is 0 Å². The lowest BCUT2D eigenvalue weighted by Crippen LogP contribution is -2.40. The largest absolute Gasteiger partial charge is 0.508 e. The van der Waals surface area contributed by atoms with Gasteiger partial charge in [0.15, 0.2) is 0 Å². The number of phenols is 1. The molecule has 1 amide bonds. The van der Waals surface area contributed by atoms with E-state index in [0.717, 1.165) is 37.2 Å². The lowest BCUT2D eigenvalue weighted by Gasteiger charge is -2.26. The summed E-state index contributed by atoms with van der Waals surface area (Å²) in [6.07, 6.45) is 4.76. The summed E-state index contributed by atoms with van der Waals surface area (Å²) in [6.45, 7) is 2.26. The number of hydrazone groups is 1. The third-order valence-electron chi connectivity index (χ3n) is 5.96. The third-order valence-corrected chi connectivity index (χ3v) is 6.51. The van der Waals surface area contributed by atoms with E-state index in [0.29, 0.717) is 27.9 Å². The normalized spacial score (nSPS) is 23.9. The van der Waals surface area contributed by atoms with E-state index in [2.05, 4.69) is 17.3 Å². The van der Waals surface area contributed by atoms with Crippen molar-refractivity contribution in [1.29, 1.82) is 0 Å². The first-order valence-electron chi connectivity index (χ1n) is 10.3. The predicted octanol–water partition coefficient (Wildman–Crippen LogP) is 5.70. The van der Waals surface area contributed by atoms with Crippen LogP contribution in [0.25, 0.3) is 0 Å². The molecule has 0 bridgehead atoms. The summed E-state index contributed by atoms with van der Waals surface area (Å²) < 4.78 is 0. The topological polar surface area (TPSA) is 64.9 Å². The zero-order valence-electron chi connectivity index (χ0n) is 16.8. The van der Waals surface area contributed by atoms with Gasteiger partial charge in [0.1, 0.15) is 11.5 Å². The monoisotopic (exact) mass is 445 g/mol. The Morgan fingerprint density at radius 1 is 1.10 bits per heavy atom. The molecule has 0 saturated heterocycles. The first kappa shape index (κ1) is 21.0. The second-order valence-electron chi connectivity index (χ2n) is 8.23.